The van der Waals surface area contributed by atoms with Gasteiger partial charge < -0.3 is 5.32 Å². The van der Waals surface area contributed by atoms with Crippen molar-refractivity contribution in [3.05, 3.63) is 48.2 Å². The maximum atomic E-state index is 3.80. The third-order valence-corrected chi connectivity index (χ3v) is 1.60. The molecule has 0 heterocycles. The van der Waals surface area contributed by atoms with Gasteiger partial charge in [0.15, 0.2) is 0 Å². The summed E-state index contributed by atoms with van der Waals surface area (Å²) in [5.74, 6) is 0. The van der Waals surface area contributed by atoms with Gasteiger partial charge in [-0.05, 0) is 31.5 Å². The molecule has 1 aromatic carbocycles. The Hall–Kier alpha value is -1.50. The highest BCUT2D eigenvalue weighted by Gasteiger charge is 1.91. The van der Waals surface area contributed by atoms with Crippen molar-refractivity contribution in [2.24, 2.45) is 0 Å². The number of anilines is 1. The molecule has 1 aromatic rings. The maximum absolute atomic E-state index is 3.80. The van der Waals surface area contributed by atoms with E-state index in [9.17, 15) is 0 Å². The van der Waals surface area contributed by atoms with Gasteiger partial charge in [0.05, 0.1) is 0 Å². The van der Waals surface area contributed by atoms with Crippen LogP contribution in [0.2, 0.25) is 0 Å². The normalized spacial score (nSPS) is 10.3. The van der Waals surface area contributed by atoms with Gasteiger partial charge >= 0.3 is 0 Å². The number of hydrogen-bond donors (Lipinski definition) is 1. The molecule has 0 atom stereocenters. The van der Waals surface area contributed by atoms with Crippen molar-refractivity contribution in [2.75, 3.05) is 5.32 Å². The van der Waals surface area contributed by atoms with Crippen molar-refractivity contribution in [3.63, 3.8) is 0 Å². The van der Waals surface area contributed by atoms with Crippen molar-refractivity contribution in [1.82, 2.24) is 0 Å². The molecule has 0 aliphatic carbocycles. The molecule has 0 aromatic heterocycles. The molecule has 1 heteroatoms. The van der Waals surface area contributed by atoms with Crippen LogP contribution in [0.4, 0.5) is 5.69 Å². The van der Waals surface area contributed by atoms with Gasteiger partial charge in [0.25, 0.3) is 0 Å². The molecular formula is C12H15N. The molecule has 0 spiro atoms. The molecule has 68 valence electrons. The Balaban J connectivity index is 2.85. The number of nitrogens with one attached hydrogen (secondary N) is 1. The standard InChI is InChI=1S/C12H15N/c1-4-6-11-7-5-8-12(9-11)13-10(2)3/h4-9,13H,2H2,1,3H3/b6-4-. The van der Waals surface area contributed by atoms with Gasteiger partial charge in [0.2, 0.25) is 0 Å². The minimum absolute atomic E-state index is 0.956. The highest BCUT2D eigenvalue weighted by Crippen LogP contribution is 2.13. The zero-order chi connectivity index (χ0) is 9.68. The van der Waals surface area contributed by atoms with Crippen LogP contribution < -0.4 is 5.32 Å². The number of rotatable bonds is 3. The molecular weight excluding hydrogens is 158 g/mol. The molecule has 0 fully saturated rings. The van der Waals surface area contributed by atoms with E-state index in [0.29, 0.717) is 0 Å². The van der Waals surface area contributed by atoms with E-state index in [4.69, 9.17) is 0 Å². The fourth-order valence-electron chi connectivity index (χ4n) is 1.16. The zero-order valence-electron chi connectivity index (χ0n) is 8.17. The second kappa shape index (κ2) is 4.51. The Labute approximate surface area is 79.8 Å². The minimum atomic E-state index is 0.956. The molecule has 0 bridgehead atoms. The summed E-state index contributed by atoms with van der Waals surface area (Å²) in [6.45, 7) is 7.76. The van der Waals surface area contributed by atoms with E-state index < -0.39 is 0 Å². The van der Waals surface area contributed by atoms with Crippen LogP contribution in [0.5, 0.6) is 0 Å². The van der Waals surface area contributed by atoms with Crippen LogP contribution in [0.15, 0.2) is 42.6 Å². The second-order valence-corrected chi connectivity index (χ2v) is 3.03. The van der Waals surface area contributed by atoms with Crippen LogP contribution in [-0.4, -0.2) is 0 Å². The maximum Gasteiger partial charge on any atom is 0.0387 e. The van der Waals surface area contributed by atoms with Crippen LogP contribution in [-0.2, 0) is 0 Å². The van der Waals surface area contributed by atoms with Crippen LogP contribution in [0.25, 0.3) is 6.08 Å². The lowest BCUT2D eigenvalue weighted by Crippen LogP contribution is -1.92. The van der Waals surface area contributed by atoms with Gasteiger partial charge in [-0.2, -0.15) is 0 Å². The molecule has 0 saturated carbocycles. The highest BCUT2D eigenvalue weighted by atomic mass is 14.9. The third kappa shape index (κ3) is 3.16. The fourth-order valence-corrected chi connectivity index (χ4v) is 1.16. The lowest BCUT2D eigenvalue weighted by molar-refractivity contribution is 1.40. The first-order valence-electron chi connectivity index (χ1n) is 4.37. The van der Waals surface area contributed by atoms with Crippen LogP contribution >= 0.6 is 0 Å². The molecule has 1 rings (SSSR count). The van der Waals surface area contributed by atoms with E-state index in [0.717, 1.165) is 11.4 Å². The molecule has 0 amide bonds. The Morgan fingerprint density at radius 3 is 2.85 bits per heavy atom. The number of benzene rings is 1. The van der Waals surface area contributed by atoms with Crippen molar-refractivity contribution in [3.8, 4) is 0 Å². The third-order valence-electron chi connectivity index (χ3n) is 1.60. The topological polar surface area (TPSA) is 12.0 Å². The summed E-state index contributed by atoms with van der Waals surface area (Å²) >= 11 is 0. The predicted octanol–water partition coefficient (Wildman–Crippen LogP) is 3.67. The first-order chi connectivity index (χ1) is 6.22. The zero-order valence-corrected chi connectivity index (χ0v) is 8.17. The minimum Gasteiger partial charge on any atom is -0.360 e. The van der Waals surface area contributed by atoms with Crippen molar-refractivity contribution >= 4 is 11.8 Å². The van der Waals surface area contributed by atoms with Gasteiger partial charge in [-0.3, -0.25) is 0 Å². The first-order valence-corrected chi connectivity index (χ1v) is 4.37. The predicted molar refractivity (Wildman–Crippen MR) is 59.6 cm³/mol. The average Bonchev–Trinajstić information content (AvgIpc) is 2.04. The lowest BCUT2D eigenvalue weighted by atomic mass is 10.2. The van der Waals surface area contributed by atoms with Gasteiger partial charge in [-0.15, -0.1) is 0 Å². The van der Waals surface area contributed by atoms with E-state index in [1.165, 1.54) is 5.56 Å². The van der Waals surface area contributed by atoms with Gasteiger partial charge in [0, 0.05) is 11.4 Å². The Kier molecular flexibility index (Phi) is 3.32. The summed E-state index contributed by atoms with van der Waals surface area (Å²) in [6, 6.07) is 8.22. The van der Waals surface area contributed by atoms with Gasteiger partial charge in [-0.25, -0.2) is 0 Å². The van der Waals surface area contributed by atoms with E-state index in [2.05, 4.69) is 30.1 Å². The summed E-state index contributed by atoms with van der Waals surface area (Å²) in [4.78, 5) is 0. The second-order valence-electron chi connectivity index (χ2n) is 3.03. The van der Waals surface area contributed by atoms with Gasteiger partial charge in [0.1, 0.15) is 0 Å². The number of hydrogen-bond acceptors (Lipinski definition) is 1. The summed E-state index contributed by atoms with van der Waals surface area (Å²) in [6.07, 6.45) is 4.10. The number of allylic oxidation sites excluding steroid dienone is 2. The van der Waals surface area contributed by atoms with Crippen LogP contribution in [0, 0.1) is 0 Å². The quantitative estimate of drug-likeness (QED) is 0.735. The summed E-state index contributed by atoms with van der Waals surface area (Å²) in [5, 5.41) is 3.18. The van der Waals surface area contributed by atoms with Crippen molar-refractivity contribution < 1.29 is 0 Å². The van der Waals surface area contributed by atoms with Crippen molar-refractivity contribution in [1.29, 1.82) is 0 Å². The fraction of sp³-hybridized carbons (Fsp3) is 0.167. The molecule has 1 N–H and O–H groups in total. The largest absolute Gasteiger partial charge is 0.360 e. The molecule has 13 heavy (non-hydrogen) atoms. The van der Waals surface area contributed by atoms with Gasteiger partial charge in [-0.1, -0.05) is 30.9 Å². The average molecular weight is 173 g/mol. The SMILES string of the molecule is C=C(C)Nc1cccc(/C=C\C)c1. The lowest BCUT2D eigenvalue weighted by Gasteiger charge is -2.05. The molecule has 0 unspecified atom stereocenters. The van der Waals surface area contributed by atoms with Crippen molar-refractivity contribution in [2.45, 2.75) is 13.8 Å². The summed E-state index contributed by atoms with van der Waals surface area (Å²) in [5.41, 5.74) is 3.24. The smallest absolute Gasteiger partial charge is 0.0387 e. The molecule has 1 nitrogen and oxygen atoms in total. The molecule has 0 aliphatic rings. The molecule has 0 radical (unpaired) electrons. The first kappa shape index (κ1) is 9.59. The Bertz CT molecular complexity index is 324. The highest BCUT2D eigenvalue weighted by molar-refractivity contribution is 5.58. The van der Waals surface area contributed by atoms with Crippen LogP contribution in [0.3, 0.4) is 0 Å². The molecule has 0 saturated heterocycles. The van der Waals surface area contributed by atoms with E-state index in [1.807, 2.05) is 32.1 Å². The summed E-state index contributed by atoms with van der Waals surface area (Å²) in [7, 11) is 0. The van der Waals surface area contributed by atoms with E-state index >= 15 is 0 Å². The van der Waals surface area contributed by atoms with E-state index in [1.54, 1.807) is 0 Å². The van der Waals surface area contributed by atoms with Crippen LogP contribution in [0.1, 0.15) is 19.4 Å². The monoisotopic (exact) mass is 173 g/mol. The Morgan fingerprint density at radius 2 is 2.23 bits per heavy atom. The van der Waals surface area contributed by atoms with E-state index in [-0.39, 0.29) is 0 Å². The summed E-state index contributed by atoms with van der Waals surface area (Å²) < 4.78 is 0. The molecule has 0 aliphatic heterocycles. The Morgan fingerprint density at radius 1 is 1.46 bits per heavy atom.